The summed E-state index contributed by atoms with van der Waals surface area (Å²) in [6.45, 7) is -0.534. The van der Waals surface area contributed by atoms with E-state index in [0.29, 0.717) is 5.56 Å². The Labute approximate surface area is 83.5 Å². The third-order valence-electron chi connectivity index (χ3n) is 1.78. The van der Waals surface area contributed by atoms with Crippen LogP contribution in [0, 0.1) is 0 Å². The highest BCUT2D eigenvalue weighted by Crippen LogP contribution is 2.24. The molecule has 0 aromatic heterocycles. The van der Waals surface area contributed by atoms with Crippen LogP contribution in [-0.4, -0.2) is 18.1 Å². The molecule has 0 aliphatic rings. The topological polar surface area (TPSA) is 20.2 Å². The van der Waals surface area contributed by atoms with E-state index in [1.165, 1.54) is 0 Å². The van der Waals surface area contributed by atoms with Crippen LogP contribution >= 0.6 is 15.9 Å². The molecule has 4 heteroatoms. The van der Waals surface area contributed by atoms with Gasteiger partial charge in [0.25, 0.3) is 0 Å². The maximum atomic E-state index is 12.3. The van der Waals surface area contributed by atoms with Crippen molar-refractivity contribution in [1.82, 2.24) is 0 Å². The SMILES string of the molecule is OCC(c1cccc(Br)c1)C(F)F. The summed E-state index contributed by atoms with van der Waals surface area (Å²) in [6, 6.07) is 6.60. The van der Waals surface area contributed by atoms with Gasteiger partial charge < -0.3 is 5.11 Å². The first-order valence-corrected chi connectivity index (χ1v) is 4.59. The van der Waals surface area contributed by atoms with Crippen LogP contribution in [0.25, 0.3) is 0 Å². The molecule has 1 nitrogen and oxygen atoms in total. The lowest BCUT2D eigenvalue weighted by molar-refractivity contribution is 0.0810. The molecular formula is C9H9BrF2O. The molecular weight excluding hydrogens is 242 g/mol. The highest BCUT2D eigenvalue weighted by Gasteiger charge is 2.21. The van der Waals surface area contributed by atoms with Gasteiger partial charge in [0, 0.05) is 4.47 Å². The summed E-state index contributed by atoms with van der Waals surface area (Å²) < 4.78 is 25.4. The number of aliphatic hydroxyl groups is 1. The van der Waals surface area contributed by atoms with Crippen molar-refractivity contribution in [2.24, 2.45) is 0 Å². The monoisotopic (exact) mass is 250 g/mol. The summed E-state index contributed by atoms with van der Waals surface area (Å²) in [6.07, 6.45) is -2.53. The van der Waals surface area contributed by atoms with E-state index in [9.17, 15) is 8.78 Å². The third kappa shape index (κ3) is 2.74. The van der Waals surface area contributed by atoms with Crippen molar-refractivity contribution in [3.8, 4) is 0 Å². The van der Waals surface area contributed by atoms with Crippen LogP contribution in [-0.2, 0) is 0 Å². The molecule has 1 N–H and O–H groups in total. The predicted octanol–water partition coefficient (Wildman–Crippen LogP) is 2.79. The number of halogens is 3. The molecule has 0 fully saturated rings. The molecule has 13 heavy (non-hydrogen) atoms. The van der Waals surface area contributed by atoms with Crippen molar-refractivity contribution in [3.63, 3.8) is 0 Å². The van der Waals surface area contributed by atoms with Gasteiger partial charge in [-0.15, -0.1) is 0 Å². The molecule has 1 aromatic rings. The molecule has 0 saturated carbocycles. The molecule has 1 atom stereocenters. The molecule has 0 saturated heterocycles. The first-order chi connectivity index (χ1) is 6.15. The lowest BCUT2D eigenvalue weighted by atomic mass is 10.0. The fourth-order valence-corrected chi connectivity index (χ4v) is 1.48. The summed E-state index contributed by atoms with van der Waals surface area (Å²) in [5, 5.41) is 8.75. The van der Waals surface area contributed by atoms with Crippen LogP contribution in [0.4, 0.5) is 8.78 Å². The van der Waals surface area contributed by atoms with E-state index >= 15 is 0 Å². The zero-order valence-electron chi connectivity index (χ0n) is 6.75. The Balaban J connectivity index is 2.91. The van der Waals surface area contributed by atoms with Gasteiger partial charge in [0.1, 0.15) is 0 Å². The Morgan fingerprint density at radius 3 is 2.54 bits per heavy atom. The number of aliphatic hydroxyl groups excluding tert-OH is 1. The molecule has 0 aliphatic carbocycles. The van der Waals surface area contributed by atoms with E-state index in [2.05, 4.69) is 15.9 Å². The normalized spacial score (nSPS) is 13.3. The lowest BCUT2D eigenvalue weighted by Gasteiger charge is -2.13. The van der Waals surface area contributed by atoms with Gasteiger partial charge in [-0.3, -0.25) is 0 Å². The van der Waals surface area contributed by atoms with Gasteiger partial charge >= 0.3 is 0 Å². The average Bonchev–Trinajstić information content (AvgIpc) is 2.04. The van der Waals surface area contributed by atoms with E-state index in [-0.39, 0.29) is 0 Å². The van der Waals surface area contributed by atoms with Crippen LogP contribution in [0.5, 0.6) is 0 Å². The van der Waals surface area contributed by atoms with Crippen molar-refractivity contribution in [2.45, 2.75) is 12.3 Å². The maximum Gasteiger partial charge on any atom is 0.247 e. The highest BCUT2D eigenvalue weighted by molar-refractivity contribution is 9.10. The summed E-state index contributed by atoms with van der Waals surface area (Å²) in [5.74, 6) is -1.09. The van der Waals surface area contributed by atoms with Crippen molar-refractivity contribution in [1.29, 1.82) is 0 Å². The average molecular weight is 251 g/mol. The highest BCUT2D eigenvalue weighted by atomic mass is 79.9. The van der Waals surface area contributed by atoms with Crippen LogP contribution < -0.4 is 0 Å². The van der Waals surface area contributed by atoms with Gasteiger partial charge in [-0.2, -0.15) is 0 Å². The van der Waals surface area contributed by atoms with E-state index < -0.39 is 19.0 Å². The quantitative estimate of drug-likeness (QED) is 0.875. The number of rotatable bonds is 3. The van der Waals surface area contributed by atoms with Crippen LogP contribution in [0.2, 0.25) is 0 Å². The van der Waals surface area contributed by atoms with Crippen molar-refractivity contribution < 1.29 is 13.9 Å². The molecule has 0 heterocycles. The molecule has 0 bridgehead atoms. The summed E-state index contributed by atoms with van der Waals surface area (Å²) in [4.78, 5) is 0. The third-order valence-corrected chi connectivity index (χ3v) is 2.27. The second-order valence-electron chi connectivity index (χ2n) is 2.68. The number of hydrogen-bond acceptors (Lipinski definition) is 1. The summed E-state index contributed by atoms with van der Waals surface area (Å²) in [5.41, 5.74) is 0.451. The largest absolute Gasteiger partial charge is 0.396 e. The second kappa shape index (κ2) is 4.67. The molecule has 0 radical (unpaired) electrons. The number of alkyl halides is 2. The first-order valence-electron chi connectivity index (χ1n) is 3.79. The fourth-order valence-electron chi connectivity index (χ4n) is 1.07. The van der Waals surface area contributed by atoms with Gasteiger partial charge in [-0.05, 0) is 17.7 Å². The molecule has 72 valence electrons. The molecule has 1 rings (SSSR count). The van der Waals surface area contributed by atoms with E-state index in [0.717, 1.165) is 4.47 Å². The Morgan fingerprint density at radius 2 is 2.08 bits per heavy atom. The molecule has 0 aliphatic heterocycles. The Hall–Kier alpha value is -0.480. The van der Waals surface area contributed by atoms with Gasteiger partial charge in [-0.1, -0.05) is 28.1 Å². The maximum absolute atomic E-state index is 12.3. The van der Waals surface area contributed by atoms with Crippen LogP contribution in [0.1, 0.15) is 11.5 Å². The minimum absolute atomic E-state index is 0.451. The summed E-state index contributed by atoms with van der Waals surface area (Å²) in [7, 11) is 0. The molecule has 1 unspecified atom stereocenters. The number of benzene rings is 1. The minimum Gasteiger partial charge on any atom is -0.396 e. The minimum atomic E-state index is -2.53. The zero-order chi connectivity index (χ0) is 9.84. The Morgan fingerprint density at radius 1 is 1.38 bits per heavy atom. The van der Waals surface area contributed by atoms with Gasteiger partial charge in [-0.25, -0.2) is 8.78 Å². The zero-order valence-corrected chi connectivity index (χ0v) is 8.34. The van der Waals surface area contributed by atoms with Crippen LogP contribution in [0.15, 0.2) is 28.7 Å². The van der Waals surface area contributed by atoms with E-state index in [1.807, 2.05) is 0 Å². The lowest BCUT2D eigenvalue weighted by Crippen LogP contribution is -2.13. The van der Waals surface area contributed by atoms with E-state index in [1.54, 1.807) is 24.3 Å². The number of hydrogen-bond donors (Lipinski definition) is 1. The van der Waals surface area contributed by atoms with Gasteiger partial charge in [0.05, 0.1) is 12.5 Å². The summed E-state index contributed by atoms with van der Waals surface area (Å²) >= 11 is 3.18. The predicted molar refractivity (Wildman–Crippen MR) is 50.0 cm³/mol. The van der Waals surface area contributed by atoms with Gasteiger partial charge in [0.15, 0.2) is 0 Å². The van der Waals surface area contributed by atoms with Crippen LogP contribution in [0.3, 0.4) is 0 Å². The Kier molecular flexibility index (Phi) is 3.81. The first kappa shape index (κ1) is 10.6. The molecule has 0 amide bonds. The van der Waals surface area contributed by atoms with Gasteiger partial charge in [0.2, 0.25) is 6.43 Å². The van der Waals surface area contributed by atoms with Crippen molar-refractivity contribution >= 4 is 15.9 Å². The molecule has 0 spiro atoms. The second-order valence-corrected chi connectivity index (χ2v) is 3.59. The van der Waals surface area contributed by atoms with Crippen molar-refractivity contribution in [2.75, 3.05) is 6.61 Å². The van der Waals surface area contributed by atoms with E-state index in [4.69, 9.17) is 5.11 Å². The Bertz CT molecular complexity index is 278. The standard InChI is InChI=1S/C9H9BrF2O/c10-7-3-1-2-6(4-7)8(5-13)9(11)12/h1-4,8-9,13H,5H2. The van der Waals surface area contributed by atoms with Crippen molar-refractivity contribution in [3.05, 3.63) is 34.3 Å². The fraction of sp³-hybridized carbons (Fsp3) is 0.333. The molecule has 1 aromatic carbocycles. The smallest absolute Gasteiger partial charge is 0.247 e.